The van der Waals surface area contributed by atoms with Crippen LogP contribution in [0.2, 0.25) is 0 Å². The number of carbonyl (C=O) groups is 2. The molecule has 6 nitrogen and oxygen atoms in total. The fraction of sp³-hybridized carbons (Fsp3) is 0.688. The summed E-state index contributed by atoms with van der Waals surface area (Å²) in [6.07, 6.45) is 1.83. The van der Waals surface area contributed by atoms with Crippen LogP contribution in [-0.4, -0.2) is 59.4 Å². The predicted octanol–water partition coefficient (Wildman–Crippen LogP) is 1.88. The normalized spacial score (nSPS) is 29.5. The number of halogens is 2. The lowest BCUT2D eigenvalue weighted by atomic mass is 9.77. The van der Waals surface area contributed by atoms with Gasteiger partial charge in [-0.2, -0.15) is 0 Å². The van der Waals surface area contributed by atoms with Gasteiger partial charge in [-0.1, -0.05) is 5.16 Å². The van der Waals surface area contributed by atoms with E-state index in [0.29, 0.717) is 24.6 Å². The first kappa shape index (κ1) is 15.5. The zero-order chi connectivity index (χ0) is 17.1. The number of carbonyl (C=O) groups excluding carboxylic acids is 2. The predicted molar refractivity (Wildman–Crippen MR) is 78.6 cm³/mol. The average Bonchev–Trinajstić information content (AvgIpc) is 3.20. The van der Waals surface area contributed by atoms with Gasteiger partial charge in [0.15, 0.2) is 5.69 Å². The number of hydrogen-bond donors (Lipinski definition) is 0. The highest BCUT2D eigenvalue weighted by Crippen LogP contribution is 2.46. The molecule has 2 amide bonds. The fourth-order valence-corrected chi connectivity index (χ4v) is 3.87. The number of rotatable bonds is 2. The molecule has 1 aromatic rings. The number of nitrogens with zero attached hydrogens (tertiary/aromatic N) is 3. The van der Waals surface area contributed by atoms with Crippen LogP contribution in [0.3, 0.4) is 0 Å². The van der Waals surface area contributed by atoms with E-state index in [1.807, 2.05) is 0 Å². The highest BCUT2D eigenvalue weighted by atomic mass is 19.3. The van der Waals surface area contributed by atoms with Crippen molar-refractivity contribution in [1.29, 1.82) is 0 Å². The Morgan fingerprint density at radius 3 is 2.75 bits per heavy atom. The average molecular weight is 339 g/mol. The van der Waals surface area contributed by atoms with Crippen LogP contribution in [0.5, 0.6) is 0 Å². The smallest absolute Gasteiger partial charge is 0.276 e. The maximum Gasteiger partial charge on any atom is 0.276 e. The van der Waals surface area contributed by atoms with Crippen molar-refractivity contribution in [3.05, 3.63) is 17.5 Å². The molecule has 1 aliphatic carbocycles. The van der Waals surface area contributed by atoms with E-state index in [-0.39, 0.29) is 18.1 Å². The summed E-state index contributed by atoms with van der Waals surface area (Å²) >= 11 is 0. The van der Waals surface area contributed by atoms with Crippen LogP contribution in [0.4, 0.5) is 8.78 Å². The molecule has 0 radical (unpaired) electrons. The van der Waals surface area contributed by atoms with Gasteiger partial charge in [0.05, 0.1) is 12.0 Å². The molecular weight excluding hydrogens is 320 g/mol. The molecule has 3 aliphatic rings. The number of piperidine rings is 1. The lowest BCUT2D eigenvalue weighted by molar-refractivity contribution is -0.150. The first-order valence-corrected chi connectivity index (χ1v) is 8.19. The molecule has 3 heterocycles. The Morgan fingerprint density at radius 1 is 1.38 bits per heavy atom. The second-order valence-electron chi connectivity index (χ2n) is 7.34. The Bertz CT molecular complexity index is 700. The Labute approximate surface area is 137 Å². The summed E-state index contributed by atoms with van der Waals surface area (Å²) in [6, 6.07) is 1.54. The molecule has 3 fully saturated rings. The molecule has 2 aliphatic heterocycles. The van der Waals surface area contributed by atoms with Crippen LogP contribution in [0.1, 0.15) is 47.8 Å². The minimum atomic E-state index is -3.09. The summed E-state index contributed by atoms with van der Waals surface area (Å²) in [5, 5.41) is 3.74. The summed E-state index contributed by atoms with van der Waals surface area (Å²) < 4.78 is 33.7. The summed E-state index contributed by atoms with van der Waals surface area (Å²) in [4.78, 5) is 27.5. The molecule has 0 aromatic carbocycles. The van der Waals surface area contributed by atoms with Gasteiger partial charge in [-0.05, 0) is 19.3 Å². The molecule has 0 unspecified atom stereocenters. The topological polar surface area (TPSA) is 66.7 Å². The minimum absolute atomic E-state index is 0.0101. The van der Waals surface area contributed by atoms with Crippen molar-refractivity contribution in [2.24, 2.45) is 5.41 Å². The Balaban J connectivity index is 1.59. The van der Waals surface area contributed by atoms with Gasteiger partial charge in [0.2, 0.25) is 5.91 Å². The lowest BCUT2D eigenvalue weighted by Gasteiger charge is -2.42. The van der Waals surface area contributed by atoms with Crippen molar-refractivity contribution in [3.8, 4) is 0 Å². The SMILES string of the molecule is CN1CC[C@]2(CN(C(=O)c3cc(C4CC4)on3)CC(F)(F)C2)C1=O. The number of amides is 2. The number of hydrogen-bond acceptors (Lipinski definition) is 4. The lowest BCUT2D eigenvalue weighted by Crippen LogP contribution is -2.57. The number of aromatic nitrogens is 1. The maximum absolute atomic E-state index is 14.3. The minimum Gasteiger partial charge on any atom is -0.360 e. The molecular formula is C16H19F2N3O3. The van der Waals surface area contributed by atoms with Gasteiger partial charge >= 0.3 is 0 Å². The molecule has 24 heavy (non-hydrogen) atoms. The van der Waals surface area contributed by atoms with Gasteiger partial charge in [0, 0.05) is 38.5 Å². The molecule has 1 saturated carbocycles. The molecule has 130 valence electrons. The second-order valence-corrected chi connectivity index (χ2v) is 7.34. The summed E-state index contributed by atoms with van der Waals surface area (Å²) in [6.45, 7) is -0.237. The van der Waals surface area contributed by atoms with Crippen LogP contribution in [0.15, 0.2) is 10.6 Å². The quantitative estimate of drug-likeness (QED) is 0.825. The molecule has 0 N–H and O–H groups in total. The zero-order valence-corrected chi connectivity index (χ0v) is 13.4. The van der Waals surface area contributed by atoms with Crippen molar-refractivity contribution in [3.63, 3.8) is 0 Å². The van der Waals surface area contributed by atoms with Gasteiger partial charge in [0.1, 0.15) is 5.76 Å². The summed E-state index contributed by atoms with van der Waals surface area (Å²) in [5.74, 6) is -3.06. The van der Waals surface area contributed by atoms with E-state index in [1.54, 1.807) is 13.1 Å². The van der Waals surface area contributed by atoms with Gasteiger partial charge in [0.25, 0.3) is 11.8 Å². The van der Waals surface area contributed by atoms with Gasteiger partial charge < -0.3 is 14.3 Å². The van der Waals surface area contributed by atoms with Crippen molar-refractivity contribution in [2.75, 3.05) is 26.7 Å². The molecule has 2 saturated heterocycles. The van der Waals surface area contributed by atoms with E-state index in [1.165, 1.54) is 4.90 Å². The van der Waals surface area contributed by atoms with E-state index < -0.39 is 30.2 Å². The Kier molecular flexibility index (Phi) is 3.24. The van der Waals surface area contributed by atoms with Crippen molar-refractivity contribution in [1.82, 2.24) is 15.0 Å². The van der Waals surface area contributed by atoms with E-state index in [4.69, 9.17) is 4.52 Å². The van der Waals surface area contributed by atoms with Crippen LogP contribution in [0.25, 0.3) is 0 Å². The van der Waals surface area contributed by atoms with Crippen molar-refractivity contribution < 1.29 is 22.9 Å². The van der Waals surface area contributed by atoms with E-state index in [9.17, 15) is 18.4 Å². The number of likely N-dealkylation sites (tertiary alicyclic amines) is 2. The highest BCUT2D eigenvalue weighted by molar-refractivity contribution is 5.93. The maximum atomic E-state index is 14.3. The second kappa shape index (κ2) is 5.00. The Morgan fingerprint density at radius 2 is 2.12 bits per heavy atom. The van der Waals surface area contributed by atoms with E-state index in [0.717, 1.165) is 17.7 Å². The zero-order valence-electron chi connectivity index (χ0n) is 13.4. The Hall–Kier alpha value is -1.99. The van der Waals surface area contributed by atoms with Gasteiger partial charge in [-0.25, -0.2) is 8.78 Å². The monoisotopic (exact) mass is 339 g/mol. The fourth-order valence-electron chi connectivity index (χ4n) is 3.87. The van der Waals surface area contributed by atoms with Crippen LogP contribution < -0.4 is 0 Å². The molecule has 8 heteroatoms. The highest BCUT2D eigenvalue weighted by Gasteiger charge is 2.57. The van der Waals surface area contributed by atoms with Crippen LogP contribution in [-0.2, 0) is 4.79 Å². The van der Waals surface area contributed by atoms with Gasteiger partial charge in [-0.15, -0.1) is 0 Å². The van der Waals surface area contributed by atoms with Gasteiger partial charge in [-0.3, -0.25) is 9.59 Å². The number of alkyl halides is 2. The first-order chi connectivity index (χ1) is 11.3. The third-order valence-corrected chi connectivity index (χ3v) is 5.25. The largest absolute Gasteiger partial charge is 0.360 e. The molecule has 4 rings (SSSR count). The summed E-state index contributed by atoms with van der Waals surface area (Å²) in [5.41, 5.74) is -1.14. The molecule has 1 spiro atoms. The molecule has 1 atom stereocenters. The van der Waals surface area contributed by atoms with E-state index >= 15 is 0 Å². The first-order valence-electron chi connectivity index (χ1n) is 8.19. The van der Waals surface area contributed by atoms with Crippen molar-refractivity contribution in [2.45, 2.75) is 37.5 Å². The van der Waals surface area contributed by atoms with E-state index in [2.05, 4.69) is 5.16 Å². The van der Waals surface area contributed by atoms with Crippen molar-refractivity contribution >= 4 is 11.8 Å². The third-order valence-electron chi connectivity index (χ3n) is 5.25. The molecule has 1 aromatic heterocycles. The van der Waals surface area contributed by atoms with Crippen LogP contribution >= 0.6 is 0 Å². The molecule has 0 bridgehead atoms. The summed E-state index contributed by atoms with van der Waals surface area (Å²) in [7, 11) is 1.61. The third kappa shape index (κ3) is 2.48. The standard InChI is InChI=1S/C16H19F2N3O3/c1-20-5-4-15(14(20)23)7-16(17,18)9-21(8-15)13(22)11-6-12(24-19-11)10-2-3-10/h6,10H,2-5,7-9H2,1H3/t15-/m0/s1. The van der Waals surface area contributed by atoms with Crippen LogP contribution in [0, 0.1) is 5.41 Å².